The van der Waals surface area contributed by atoms with Gasteiger partial charge in [0.15, 0.2) is 17.3 Å². The lowest BCUT2D eigenvalue weighted by atomic mass is 9.87. The van der Waals surface area contributed by atoms with E-state index >= 15 is 0 Å². The van der Waals surface area contributed by atoms with Crippen molar-refractivity contribution in [1.29, 1.82) is 0 Å². The number of amides is 2. The van der Waals surface area contributed by atoms with Crippen LogP contribution in [-0.2, 0) is 11.3 Å². The molecule has 2 aliphatic rings. The maximum absolute atomic E-state index is 11.8. The van der Waals surface area contributed by atoms with Crippen LogP contribution in [-0.4, -0.2) is 32.2 Å². The molecule has 1 aliphatic carbocycles. The van der Waals surface area contributed by atoms with Crippen molar-refractivity contribution in [3.05, 3.63) is 76.6 Å². The van der Waals surface area contributed by atoms with E-state index in [4.69, 9.17) is 11.5 Å². The summed E-state index contributed by atoms with van der Waals surface area (Å²) in [5.41, 5.74) is 13.3. The standard InChI is InChI=1S/C20H18N6O2S/c21-17(27)13-8-4-7-12-14(10-29-16(12)13)19-24-20(15(18(22)28)25-26-19)23-9-11-5-2-1-3-6-11/h1-8,10,12,16H,9H2,(H2,21,27)(H2,22,28)(H,23,24,26). The van der Waals surface area contributed by atoms with Crippen LogP contribution in [0.4, 0.5) is 5.82 Å². The third kappa shape index (κ3) is 3.77. The van der Waals surface area contributed by atoms with Gasteiger partial charge < -0.3 is 16.8 Å². The molecule has 2 heterocycles. The van der Waals surface area contributed by atoms with Crippen LogP contribution in [0.1, 0.15) is 21.9 Å². The van der Waals surface area contributed by atoms with E-state index in [-0.39, 0.29) is 22.7 Å². The van der Waals surface area contributed by atoms with Gasteiger partial charge in [0.2, 0.25) is 5.91 Å². The van der Waals surface area contributed by atoms with Crippen molar-refractivity contribution >= 4 is 35.0 Å². The summed E-state index contributed by atoms with van der Waals surface area (Å²) in [7, 11) is 0. The Balaban J connectivity index is 1.62. The molecule has 0 saturated carbocycles. The minimum atomic E-state index is -0.712. The fourth-order valence-corrected chi connectivity index (χ4v) is 4.56. The number of primary amides is 2. The highest BCUT2D eigenvalue weighted by Gasteiger charge is 2.37. The van der Waals surface area contributed by atoms with Gasteiger partial charge in [-0.05, 0) is 11.0 Å². The molecule has 2 aromatic rings. The summed E-state index contributed by atoms with van der Waals surface area (Å²) in [5, 5.41) is 13.0. The third-order valence-corrected chi connectivity index (χ3v) is 5.92. The van der Waals surface area contributed by atoms with Crippen molar-refractivity contribution in [3.8, 4) is 0 Å². The molecule has 1 aromatic heterocycles. The summed E-state index contributed by atoms with van der Waals surface area (Å²) in [4.78, 5) is 28.0. The number of anilines is 1. The monoisotopic (exact) mass is 406 g/mol. The molecule has 2 unspecified atom stereocenters. The van der Waals surface area contributed by atoms with Gasteiger partial charge in [-0.15, -0.1) is 22.0 Å². The number of benzene rings is 1. The highest BCUT2D eigenvalue weighted by molar-refractivity contribution is 8.03. The predicted molar refractivity (Wildman–Crippen MR) is 111 cm³/mol. The van der Waals surface area contributed by atoms with Gasteiger partial charge in [0.05, 0.1) is 0 Å². The van der Waals surface area contributed by atoms with Crippen molar-refractivity contribution in [1.82, 2.24) is 15.2 Å². The summed E-state index contributed by atoms with van der Waals surface area (Å²) in [6.07, 6.45) is 5.52. The average molecular weight is 406 g/mol. The fourth-order valence-electron chi connectivity index (χ4n) is 3.26. The van der Waals surface area contributed by atoms with Crippen molar-refractivity contribution in [3.63, 3.8) is 0 Å². The number of hydrogen-bond acceptors (Lipinski definition) is 7. The van der Waals surface area contributed by atoms with Crippen LogP contribution in [0.25, 0.3) is 5.57 Å². The summed E-state index contributed by atoms with van der Waals surface area (Å²) in [5.74, 6) is -0.612. The molecule has 1 aromatic carbocycles. The first kappa shape index (κ1) is 18.9. The number of allylic oxidation sites excluding steroid dienone is 4. The molecule has 0 saturated heterocycles. The van der Waals surface area contributed by atoms with Crippen molar-refractivity contribution in [2.24, 2.45) is 17.4 Å². The lowest BCUT2D eigenvalue weighted by Crippen LogP contribution is -2.28. The molecule has 2 atom stereocenters. The average Bonchev–Trinajstić information content (AvgIpc) is 3.16. The summed E-state index contributed by atoms with van der Waals surface area (Å²) in [6.45, 7) is 0.452. The molecule has 9 heteroatoms. The Bertz CT molecular complexity index is 1060. The van der Waals surface area contributed by atoms with E-state index in [2.05, 4.69) is 20.5 Å². The number of fused-ring (bicyclic) bond motifs is 1. The van der Waals surface area contributed by atoms with Crippen LogP contribution < -0.4 is 16.8 Å². The molecule has 5 N–H and O–H groups in total. The zero-order valence-electron chi connectivity index (χ0n) is 15.3. The molecule has 1 aliphatic heterocycles. The van der Waals surface area contributed by atoms with Gasteiger partial charge in [0.1, 0.15) is 0 Å². The highest BCUT2D eigenvalue weighted by Crippen LogP contribution is 2.45. The Hall–Kier alpha value is -3.46. The van der Waals surface area contributed by atoms with Crippen LogP contribution in [0, 0.1) is 5.92 Å². The highest BCUT2D eigenvalue weighted by atomic mass is 32.2. The number of nitrogens with two attached hydrogens (primary N) is 2. The summed E-state index contributed by atoms with van der Waals surface area (Å²) in [6, 6.07) is 9.69. The SMILES string of the molecule is NC(=O)C1=CC=CC2C(c3nnc(C(N)=O)c(NCc4ccccc4)n3)=CSC12. The number of nitrogens with one attached hydrogen (secondary N) is 1. The van der Waals surface area contributed by atoms with E-state index in [1.165, 1.54) is 11.8 Å². The van der Waals surface area contributed by atoms with Crippen molar-refractivity contribution in [2.75, 3.05) is 5.32 Å². The molecule has 0 fully saturated rings. The van der Waals surface area contributed by atoms with Crippen LogP contribution in [0.3, 0.4) is 0 Å². The van der Waals surface area contributed by atoms with E-state index < -0.39 is 11.8 Å². The molecule has 0 radical (unpaired) electrons. The molecule has 2 amide bonds. The fraction of sp³-hybridized carbons (Fsp3) is 0.150. The first-order chi connectivity index (χ1) is 14.0. The Morgan fingerprint density at radius 1 is 1.10 bits per heavy atom. The van der Waals surface area contributed by atoms with Gasteiger partial charge in [-0.1, -0.05) is 48.6 Å². The molecule has 4 rings (SSSR count). The first-order valence-corrected chi connectivity index (χ1v) is 9.85. The largest absolute Gasteiger partial charge is 0.366 e. The lowest BCUT2D eigenvalue weighted by Gasteiger charge is -2.22. The Morgan fingerprint density at radius 3 is 2.62 bits per heavy atom. The molecule has 146 valence electrons. The third-order valence-electron chi connectivity index (χ3n) is 4.69. The zero-order valence-corrected chi connectivity index (χ0v) is 16.1. The Labute approximate surface area is 171 Å². The van der Waals surface area contributed by atoms with Crippen LogP contribution in [0.5, 0.6) is 0 Å². The number of carbonyl (C=O) groups is 2. The predicted octanol–water partition coefficient (Wildman–Crippen LogP) is 1.64. The Kier molecular flexibility index (Phi) is 5.13. The van der Waals surface area contributed by atoms with E-state index in [1.807, 2.05) is 41.8 Å². The topological polar surface area (TPSA) is 137 Å². The molecular weight excluding hydrogens is 388 g/mol. The van der Waals surface area contributed by atoms with Crippen LogP contribution >= 0.6 is 11.8 Å². The lowest BCUT2D eigenvalue weighted by molar-refractivity contribution is -0.114. The zero-order chi connectivity index (χ0) is 20.4. The molecule has 0 spiro atoms. The van der Waals surface area contributed by atoms with Gasteiger partial charge >= 0.3 is 0 Å². The number of thioether (sulfide) groups is 1. The second kappa shape index (κ2) is 7.88. The summed E-state index contributed by atoms with van der Waals surface area (Å²) < 4.78 is 0. The number of carbonyl (C=O) groups excluding carboxylic acids is 2. The maximum Gasteiger partial charge on any atom is 0.273 e. The molecular formula is C20H18N6O2S. The second-order valence-corrected chi connectivity index (χ2v) is 7.58. The smallest absolute Gasteiger partial charge is 0.273 e. The Morgan fingerprint density at radius 2 is 1.90 bits per heavy atom. The molecule has 0 bridgehead atoms. The van der Waals surface area contributed by atoms with Gasteiger partial charge in [-0.3, -0.25) is 9.59 Å². The van der Waals surface area contributed by atoms with E-state index in [0.29, 0.717) is 17.9 Å². The molecule has 29 heavy (non-hydrogen) atoms. The van der Waals surface area contributed by atoms with E-state index in [9.17, 15) is 9.59 Å². The van der Waals surface area contributed by atoms with Gasteiger partial charge in [-0.2, -0.15) is 0 Å². The first-order valence-electron chi connectivity index (χ1n) is 8.91. The molecule has 8 nitrogen and oxygen atoms in total. The normalized spacial score (nSPS) is 19.9. The van der Waals surface area contributed by atoms with E-state index in [1.54, 1.807) is 12.2 Å². The minimum absolute atomic E-state index is 0.0237. The van der Waals surface area contributed by atoms with Crippen LogP contribution in [0.2, 0.25) is 0 Å². The van der Waals surface area contributed by atoms with Gasteiger partial charge in [-0.25, -0.2) is 4.98 Å². The van der Waals surface area contributed by atoms with Crippen molar-refractivity contribution in [2.45, 2.75) is 11.8 Å². The van der Waals surface area contributed by atoms with Gasteiger partial charge in [0.25, 0.3) is 5.91 Å². The maximum atomic E-state index is 11.8. The number of aromatic nitrogens is 3. The second-order valence-electron chi connectivity index (χ2n) is 6.56. The van der Waals surface area contributed by atoms with Crippen molar-refractivity contribution < 1.29 is 9.59 Å². The number of rotatable bonds is 6. The number of nitrogens with zero attached hydrogens (tertiary/aromatic N) is 3. The number of hydrogen-bond donors (Lipinski definition) is 3. The quantitative estimate of drug-likeness (QED) is 0.663. The minimum Gasteiger partial charge on any atom is -0.366 e. The summed E-state index contributed by atoms with van der Waals surface area (Å²) >= 11 is 1.49. The van der Waals surface area contributed by atoms with Gasteiger partial charge in [0, 0.05) is 28.9 Å². The van der Waals surface area contributed by atoms with E-state index in [0.717, 1.165) is 11.1 Å². The van der Waals surface area contributed by atoms with Crippen LogP contribution in [0.15, 0.2) is 59.5 Å².